The van der Waals surface area contributed by atoms with Crippen LogP contribution in [0.2, 0.25) is 0 Å². The SMILES string of the molecule is Cc1cccc(N(Cc2ccc([C@@H]3CCCC[C@@H]3C(=O)N[C@@H](C)c3ccc(N)cc3)cc2)C(=O)OC2CC2)c1C. The van der Waals surface area contributed by atoms with Gasteiger partial charge in [0.2, 0.25) is 5.91 Å². The number of aryl methyl sites for hydroxylation is 1. The number of nitrogens with one attached hydrogen (secondary N) is 1. The molecule has 2 saturated carbocycles. The number of hydrogen-bond donors (Lipinski definition) is 2. The highest BCUT2D eigenvalue weighted by atomic mass is 16.6. The van der Waals surface area contributed by atoms with E-state index in [0.717, 1.165) is 72.2 Å². The number of amides is 2. The molecule has 6 heteroatoms. The van der Waals surface area contributed by atoms with Gasteiger partial charge in [0, 0.05) is 11.6 Å². The van der Waals surface area contributed by atoms with Gasteiger partial charge in [0.1, 0.15) is 6.10 Å². The van der Waals surface area contributed by atoms with Crippen molar-refractivity contribution in [3.05, 3.63) is 94.5 Å². The summed E-state index contributed by atoms with van der Waals surface area (Å²) in [7, 11) is 0. The molecule has 0 aromatic heterocycles. The van der Waals surface area contributed by atoms with Crippen molar-refractivity contribution >= 4 is 23.4 Å². The third kappa shape index (κ3) is 6.49. The standard InChI is InChI=1S/C34H41N3O3/c1-22-7-6-10-32(23(22)2)37(34(39)40-29-19-20-29)21-25-11-13-27(14-12-25)30-8-4-5-9-31(30)33(38)36-24(3)26-15-17-28(35)18-16-26/h6-7,10-18,24,29-31H,4-5,8-9,19-21,35H2,1-3H3,(H,36,38)/t24-,30-,31-/m0/s1. The van der Waals surface area contributed by atoms with Crippen LogP contribution in [0.15, 0.2) is 66.7 Å². The largest absolute Gasteiger partial charge is 0.446 e. The zero-order valence-electron chi connectivity index (χ0n) is 23.9. The number of carbonyl (C=O) groups excluding carboxylic acids is 2. The maximum atomic E-state index is 13.4. The van der Waals surface area contributed by atoms with Crippen LogP contribution in [0.4, 0.5) is 16.2 Å². The summed E-state index contributed by atoms with van der Waals surface area (Å²) in [4.78, 5) is 28.3. The summed E-state index contributed by atoms with van der Waals surface area (Å²) < 4.78 is 5.71. The van der Waals surface area contributed by atoms with Crippen molar-refractivity contribution in [3.8, 4) is 0 Å². The summed E-state index contributed by atoms with van der Waals surface area (Å²) in [6, 6.07) is 22.1. The zero-order chi connectivity index (χ0) is 28.2. The predicted octanol–water partition coefficient (Wildman–Crippen LogP) is 7.34. The minimum atomic E-state index is -0.292. The number of benzene rings is 3. The number of carbonyl (C=O) groups is 2. The molecule has 0 bridgehead atoms. The molecular formula is C34H41N3O3. The van der Waals surface area contributed by atoms with Gasteiger partial charge in [-0.1, -0.05) is 61.4 Å². The van der Waals surface area contributed by atoms with Gasteiger partial charge in [0.25, 0.3) is 0 Å². The molecule has 0 spiro atoms. The minimum Gasteiger partial charge on any atom is -0.446 e. The number of nitrogen functional groups attached to an aromatic ring is 1. The number of anilines is 2. The van der Waals surface area contributed by atoms with E-state index in [-0.39, 0.29) is 36.0 Å². The van der Waals surface area contributed by atoms with Crippen LogP contribution in [-0.4, -0.2) is 18.1 Å². The first kappa shape index (κ1) is 27.8. The summed E-state index contributed by atoms with van der Waals surface area (Å²) in [5.41, 5.74) is 12.9. The number of nitrogens with two attached hydrogens (primary N) is 1. The molecule has 5 rings (SSSR count). The molecule has 3 aromatic carbocycles. The summed E-state index contributed by atoms with van der Waals surface area (Å²) in [5.74, 6) is 0.231. The van der Waals surface area contributed by atoms with Crippen LogP contribution in [0.3, 0.4) is 0 Å². The number of nitrogens with zero attached hydrogens (tertiary/aromatic N) is 1. The van der Waals surface area contributed by atoms with Gasteiger partial charge in [-0.05, 0) is 98.4 Å². The van der Waals surface area contributed by atoms with E-state index in [1.165, 1.54) is 5.56 Å². The molecule has 2 aliphatic carbocycles. The molecule has 2 fully saturated rings. The van der Waals surface area contributed by atoms with Gasteiger partial charge >= 0.3 is 6.09 Å². The van der Waals surface area contributed by atoms with E-state index in [4.69, 9.17) is 10.5 Å². The monoisotopic (exact) mass is 539 g/mol. The Morgan fingerprint density at radius 1 is 0.950 bits per heavy atom. The fourth-order valence-corrected chi connectivity index (χ4v) is 5.75. The van der Waals surface area contributed by atoms with Gasteiger partial charge in [-0.3, -0.25) is 9.69 Å². The fourth-order valence-electron chi connectivity index (χ4n) is 5.75. The molecular weight excluding hydrogens is 498 g/mol. The smallest absolute Gasteiger partial charge is 0.414 e. The van der Waals surface area contributed by atoms with Gasteiger partial charge in [-0.2, -0.15) is 0 Å². The van der Waals surface area contributed by atoms with Gasteiger partial charge in [-0.15, -0.1) is 0 Å². The highest BCUT2D eigenvalue weighted by molar-refractivity contribution is 5.89. The van der Waals surface area contributed by atoms with E-state index in [2.05, 4.69) is 42.6 Å². The Morgan fingerprint density at radius 2 is 1.65 bits per heavy atom. The van der Waals surface area contributed by atoms with Crippen LogP contribution in [-0.2, 0) is 16.1 Å². The van der Waals surface area contributed by atoms with Gasteiger partial charge in [0.05, 0.1) is 18.3 Å². The third-order valence-electron chi connectivity index (χ3n) is 8.53. The second-order valence-electron chi connectivity index (χ2n) is 11.5. The number of ether oxygens (including phenoxy) is 1. The van der Waals surface area contributed by atoms with Gasteiger partial charge in [0.15, 0.2) is 0 Å². The summed E-state index contributed by atoms with van der Waals surface area (Å²) >= 11 is 0. The Bertz CT molecular complexity index is 1330. The topological polar surface area (TPSA) is 84.7 Å². The lowest BCUT2D eigenvalue weighted by Gasteiger charge is -2.32. The van der Waals surface area contributed by atoms with Crippen LogP contribution in [0.5, 0.6) is 0 Å². The van der Waals surface area contributed by atoms with Crippen molar-refractivity contribution in [1.29, 1.82) is 0 Å². The fraction of sp³-hybridized carbons (Fsp3) is 0.412. The molecule has 2 amide bonds. The molecule has 3 aromatic rings. The van der Waals surface area contributed by atoms with Crippen molar-refractivity contribution in [1.82, 2.24) is 5.32 Å². The zero-order valence-corrected chi connectivity index (χ0v) is 23.9. The van der Waals surface area contributed by atoms with E-state index in [9.17, 15) is 9.59 Å². The van der Waals surface area contributed by atoms with E-state index in [1.54, 1.807) is 4.90 Å². The first-order chi connectivity index (χ1) is 19.3. The molecule has 0 unspecified atom stereocenters. The van der Waals surface area contributed by atoms with Crippen molar-refractivity contribution in [2.75, 3.05) is 10.6 Å². The Hall–Kier alpha value is -3.80. The molecule has 3 N–H and O–H groups in total. The van der Waals surface area contributed by atoms with E-state index in [1.807, 2.05) is 50.2 Å². The highest BCUT2D eigenvalue weighted by Gasteiger charge is 2.33. The molecule has 2 aliphatic rings. The first-order valence-electron chi connectivity index (χ1n) is 14.6. The molecule has 3 atom stereocenters. The van der Waals surface area contributed by atoms with Gasteiger partial charge < -0.3 is 15.8 Å². The average Bonchev–Trinajstić information content (AvgIpc) is 3.78. The van der Waals surface area contributed by atoms with E-state index in [0.29, 0.717) is 6.54 Å². The molecule has 210 valence electrons. The van der Waals surface area contributed by atoms with Crippen molar-refractivity contribution in [2.45, 2.75) is 83.9 Å². The lowest BCUT2D eigenvalue weighted by molar-refractivity contribution is -0.127. The quantitative estimate of drug-likeness (QED) is 0.293. The molecule has 0 heterocycles. The lowest BCUT2D eigenvalue weighted by Crippen LogP contribution is -2.37. The van der Waals surface area contributed by atoms with Crippen LogP contribution >= 0.6 is 0 Å². The lowest BCUT2D eigenvalue weighted by atomic mass is 9.74. The van der Waals surface area contributed by atoms with E-state index >= 15 is 0 Å². The summed E-state index contributed by atoms with van der Waals surface area (Å²) in [5, 5.41) is 3.25. The third-order valence-corrected chi connectivity index (χ3v) is 8.53. The summed E-state index contributed by atoms with van der Waals surface area (Å²) in [6.07, 6.45) is 5.70. The molecule has 0 radical (unpaired) electrons. The Labute approximate surface area is 237 Å². The summed E-state index contributed by atoms with van der Waals surface area (Å²) in [6.45, 7) is 6.56. The number of hydrogen-bond acceptors (Lipinski definition) is 4. The van der Waals surface area contributed by atoms with Gasteiger partial charge in [-0.25, -0.2) is 4.79 Å². The predicted molar refractivity (Wildman–Crippen MR) is 160 cm³/mol. The Morgan fingerprint density at radius 3 is 2.35 bits per heavy atom. The number of rotatable bonds is 8. The normalized spacial score (nSPS) is 19.5. The maximum Gasteiger partial charge on any atom is 0.414 e. The van der Waals surface area contributed by atoms with Crippen molar-refractivity contribution in [3.63, 3.8) is 0 Å². The highest BCUT2D eigenvalue weighted by Crippen LogP contribution is 2.39. The van der Waals surface area contributed by atoms with Crippen LogP contribution in [0, 0.1) is 19.8 Å². The molecule has 0 saturated heterocycles. The molecule has 0 aliphatic heterocycles. The first-order valence-corrected chi connectivity index (χ1v) is 14.6. The second kappa shape index (κ2) is 12.2. The minimum absolute atomic E-state index is 0.0413. The van der Waals surface area contributed by atoms with Crippen molar-refractivity contribution in [2.24, 2.45) is 5.92 Å². The second-order valence-corrected chi connectivity index (χ2v) is 11.5. The van der Waals surface area contributed by atoms with Crippen LogP contribution in [0.25, 0.3) is 0 Å². The average molecular weight is 540 g/mol. The molecule has 6 nitrogen and oxygen atoms in total. The van der Waals surface area contributed by atoms with Crippen LogP contribution in [0.1, 0.15) is 85.2 Å². The van der Waals surface area contributed by atoms with Crippen LogP contribution < -0.4 is 16.0 Å². The van der Waals surface area contributed by atoms with E-state index < -0.39 is 0 Å². The molecule has 40 heavy (non-hydrogen) atoms. The Kier molecular flexibility index (Phi) is 8.43. The van der Waals surface area contributed by atoms with Crippen molar-refractivity contribution < 1.29 is 14.3 Å². The Balaban J connectivity index is 1.30. The maximum absolute atomic E-state index is 13.4.